The molecule has 2 aromatic rings. The van der Waals surface area contributed by atoms with E-state index < -0.39 is 0 Å². The topological polar surface area (TPSA) is 89.0 Å². The molecule has 1 heterocycles. The van der Waals surface area contributed by atoms with E-state index in [0.29, 0.717) is 35.7 Å². The zero-order valence-corrected chi connectivity index (χ0v) is 13.7. The Morgan fingerprint density at radius 2 is 2.08 bits per heavy atom. The molecule has 1 aliphatic rings. The number of rotatable bonds is 6. The molecule has 1 aliphatic carbocycles. The van der Waals surface area contributed by atoms with E-state index in [1.807, 2.05) is 6.07 Å². The van der Waals surface area contributed by atoms with Crippen molar-refractivity contribution in [2.24, 2.45) is 0 Å². The Bertz CT molecular complexity index is 701. The van der Waals surface area contributed by atoms with Gasteiger partial charge in [0.05, 0.1) is 24.1 Å². The zero-order chi connectivity index (χ0) is 16.8. The summed E-state index contributed by atoms with van der Waals surface area (Å²) in [4.78, 5) is 16.5. The van der Waals surface area contributed by atoms with Crippen LogP contribution in [0, 0.1) is 0 Å². The van der Waals surface area contributed by atoms with Crippen LogP contribution in [0.25, 0.3) is 0 Å². The lowest BCUT2D eigenvalue weighted by molar-refractivity contribution is 0.0527. The number of hydrogen-bond donors (Lipinski definition) is 2. The van der Waals surface area contributed by atoms with Crippen molar-refractivity contribution in [1.82, 2.24) is 15.2 Å². The lowest BCUT2D eigenvalue weighted by Gasteiger charge is -2.13. The van der Waals surface area contributed by atoms with Crippen molar-refractivity contribution in [3.8, 4) is 0 Å². The molecule has 0 spiro atoms. The Morgan fingerprint density at radius 1 is 1.29 bits per heavy atom. The second-order valence-electron chi connectivity index (χ2n) is 5.68. The largest absolute Gasteiger partial charge is 0.462 e. The van der Waals surface area contributed by atoms with Gasteiger partial charge in [-0.15, -0.1) is 5.10 Å². The second-order valence-corrected chi connectivity index (χ2v) is 5.68. The highest BCUT2D eigenvalue weighted by Crippen LogP contribution is 2.23. The molecule has 1 aromatic heterocycles. The van der Waals surface area contributed by atoms with Gasteiger partial charge in [0.1, 0.15) is 0 Å². The van der Waals surface area contributed by atoms with Crippen molar-refractivity contribution >= 4 is 23.4 Å². The van der Waals surface area contributed by atoms with E-state index in [2.05, 4.69) is 25.8 Å². The molecular formula is C17H21N5O2. The SMILES string of the molecule is CCOC(=O)c1ccccc1Nc1nncc(NC2CCCC2)n1. The Kier molecular flexibility index (Phi) is 5.20. The molecule has 1 saturated carbocycles. The minimum Gasteiger partial charge on any atom is -0.462 e. The highest BCUT2D eigenvalue weighted by molar-refractivity contribution is 5.96. The third kappa shape index (κ3) is 3.98. The first kappa shape index (κ1) is 16.2. The quantitative estimate of drug-likeness (QED) is 0.788. The van der Waals surface area contributed by atoms with Crippen molar-refractivity contribution < 1.29 is 9.53 Å². The first-order valence-corrected chi connectivity index (χ1v) is 8.25. The van der Waals surface area contributed by atoms with Crippen LogP contribution >= 0.6 is 0 Å². The number of hydrogen-bond acceptors (Lipinski definition) is 7. The van der Waals surface area contributed by atoms with Gasteiger partial charge in [0.15, 0.2) is 5.82 Å². The number of nitrogens with zero attached hydrogens (tertiary/aromatic N) is 3. The second kappa shape index (κ2) is 7.72. The monoisotopic (exact) mass is 327 g/mol. The average Bonchev–Trinajstić information content (AvgIpc) is 3.09. The van der Waals surface area contributed by atoms with E-state index in [0.717, 1.165) is 12.8 Å². The Hall–Kier alpha value is -2.70. The molecule has 7 nitrogen and oxygen atoms in total. The van der Waals surface area contributed by atoms with Crippen LogP contribution in [0.4, 0.5) is 17.5 Å². The lowest BCUT2D eigenvalue weighted by Crippen LogP contribution is -2.16. The number of nitrogens with one attached hydrogen (secondary N) is 2. The van der Waals surface area contributed by atoms with Crippen LogP contribution in [-0.2, 0) is 4.74 Å². The summed E-state index contributed by atoms with van der Waals surface area (Å²) in [5, 5.41) is 14.4. The highest BCUT2D eigenvalue weighted by Gasteiger charge is 2.16. The standard InChI is InChI=1S/C17H21N5O2/c1-2-24-16(23)13-9-5-6-10-14(13)20-17-21-15(11-18-22-17)19-12-7-3-4-8-12/h5-6,9-12H,2-4,7-8H2,1H3,(H2,19,20,21,22). The molecule has 2 N–H and O–H groups in total. The predicted octanol–water partition coefficient (Wildman–Crippen LogP) is 3.15. The Labute approximate surface area is 140 Å². The molecule has 0 amide bonds. The van der Waals surface area contributed by atoms with Gasteiger partial charge < -0.3 is 15.4 Å². The summed E-state index contributed by atoms with van der Waals surface area (Å²) in [7, 11) is 0. The van der Waals surface area contributed by atoms with Crippen molar-refractivity contribution in [2.75, 3.05) is 17.2 Å². The van der Waals surface area contributed by atoms with E-state index in [1.54, 1.807) is 31.3 Å². The summed E-state index contributed by atoms with van der Waals surface area (Å²) in [5.41, 5.74) is 1.04. The average molecular weight is 327 g/mol. The highest BCUT2D eigenvalue weighted by atomic mass is 16.5. The van der Waals surface area contributed by atoms with Gasteiger partial charge in [-0.3, -0.25) is 0 Å². The van der Waals surface area contributed by atoms with Crippen LogP contribution in [0.15, 0.2) is 30.5 Å². The molecule has 1 aromatic carbocycles. The molecule has 7 heteroatoms. The van der Waals surface area contributed by atoms with Crippen LogP contribution in [0.3, 0.4) is 0 Å². The maximum Gasteiger partial charge on any atom is 0.340 e. The number of ether oxygens (including phenoxy) is 1. The molecule has 0 radical (unpaired) electrons. The molecule has 1 fully saturated rings. The van der Waals surface area contributed by atoms with Crippen molar-refractivity contribution in [3.63, 3.8) is 0 Å². The summed E-state index contributed by atoms with van der Waals surface area (Å²) in [6.45, 7) is 2.10. The summed E-state index contributed by atoms with van der Waals surface area (Å²) in [6.07, 6.45) is 6.40. The Balaban J connectivity index is 1.75. The first-order valence-electron chi connectivity index (χ1n) is 8.25. The number of benzene rings is 1. The van der Waals surface area contributed by atoms with Crippen LogP contribution in [-0.4, -0.2) is 33.8 Å². The van der Waals surface area contributed by atoms with Gasteiger partial charge in [-0.2, -0.15) is 10.1 Å². The fourth-order valence-electron chi connectivity index (χ4n) is 2.80. The number of carbonyl (C=O) groups excluding carboxylic acids is 1. The van der Waals surface area contributed by atoms with Gasteiger partial charge in [-0.1, -0.05) is 25.0 Å². The fraction of sp³-hybridized carbons (Fsp3) is 0.412. The van der Waals surface area contributed by atoms with Crippen LogP contribution < -0.4 is 10.6 Å². The summed E-state index contributed by atoms with van der Waals surface area (Å²) in [6, 6.07) is 7.55. The molecule has 3 rings (SSSR count). The zero-order valence-electron chi connectivity index (χ0n) is 13.7. The minimum atomic E-state index is -0.381. The van der Waals surface area contributed by atoms with Crippen LogP contribution in [0.2, 0.25) is 0 Å². The molecule has 0 saturated heterocycles. The van der Waals surface area contributed by atoms with E-state index in [4.69, 9.17) is 4.74 Å². The maximum atomic E-state index is 12.0. The predicted molar refractivity (Wildman–Crippen MR) is 91.4 cm³/mol. The number of esters is 1. The van der Waals surface area contributed by atoms with Gasteiger partial charge in [-0.25, -0.2) is 4.79 Å². The van der Waals surface area contributed by atoms with E-state index >= 15 is 0 Å². The van der Waals surface area contributed by atoms with Gasteiger partial charge in [-0.05, 0) is 31.9 Å². The smallest absolute Gasteiger partial charge is 0.340 e. The fourth-order valence-corrected chi connectivity index (χ4v) is 2.80. The maximum absolute atomic E-state index is 12.0. The van der Waals surface area contributed by atoms with Crippen molar-refractivity contribution in [1.29, 1.82) is 0 Å². The molecule has 0 atom stereocenters. The Morgan fingerprint density at radius 3 is 2.88 bits per heavy atom. The number of para-hydroxylation sites is 1. The van der Waals surface area contributed by atoms with Crippen LogP contribution in [0.1, 0.15) is 43.0 Å². The van der Waals surface area contributed by atoms with E-state index in [-0.39, 0.29) is 5.97 Å². The minimum absolute atomic E-state index is 0.325. The van der Waals surface area contributed by atoms with Crippen molar-refractivity contribution in [2.45, 2.75) is 38.6 Å². The molecule has 0 aliphatic heterocycles. The summed E-state index contributed by atoms with van der Waals surface area (Å²) in [5.74, 6) is 0.650. The number of carbonyl (C=O) groups is 1. The molecule has 0 unspecified atom stereocenters. The lowest BCUT2D eigenvalue weighted by atomic mass is 10.2. The number of anilines is 3. The third-order valence-corrected chi connectivity index (χ3v) is 3.93. The van der Waals surface area contributed by atoms with E-state index in [1.165, 1.54) is 12.8 Å². The van der Waals surface area contributed by atoms with Gasteiger partial charge >= 0.3 is 5.97 Å². The van der Waals surface area contributed by atoms with Gasteiger partial charge in [0.25, 0.3) is 0 Å². The first-order chi connectivity index (χ1) is 11.8. The molecular weight excluding hydrogens is 306 g/mol. The normalized spacial score (nSPS) is 14.4. The molecule has 126 valence electrons. The van der Waals surface area contributed by atoms with Crippen LogP contribution in [0.5, 0.6) is 0 Å². The summed E-state index contributed by atoms with van der Waals surface area (Å²) >= 11 is 0. The number of aromatic nitrogens is 3. The third-order valence-electron chi connectivity index (χ3n) is 3.93. The van der Waals surface area contributed by atoms with Gasteiger partial charge in [0.2, 0.25) is 5.95 Å². The summed E-state index contributed by atoms with van der Waals surface area (Å²) < 4.78 is 5.07. The van der Waals surface area contributed by atoms with Crippen molar-refractivity contribution in [3.05, 3.63) is 36.0 Å². The molecule has 24 heavy (non-hydrogen) atoms. The van der Waals surface area contributed by atoms with Gasteiger partial charge in [0, 0.05) is 6.04 Å². The molecule has 0 bridgehead atoms. The van der Waals surface area contributed by atoms with E-state index in [9.17, 15) is 4.79 Å².